The molecular formula is C22H29N5O2. The molecular weight excluding hydrogens is 366 g/mol. The highest BCUT2D eigenvalue weighted by molar-refractivity contribution is 5.91. The fourth-order valence-electron chi connectivity index (χ4n) is 3.91. The quantitative estimate of drug-likeness (QED) is 0.773. The summed E-state index contributed by atoms with van der Waals surface area (Å²) in [7, 11) is 1.64. The smallest absolute Gasteiger partial charge is 0.179 e. The summed E-state index contributed by atoms with van der Waals surface area (Å²) in [4.78, 5) is 15.9. The number of aliphatic imine (C=N–C) groups is 1. The van der Waals surface area contributed by atoms with Crippen LogP contribution in [0.25, 0.3) is 0 Å². The van der Waals surface area contributed by atoms with E-state index in [1.54, 1.807) is 13.3 Å². The second-order valence-corrected chi connectivity index (χ2v) is 8.05. The lowest BCUT2D eigenvalue weighted by atomic mass is 10.1. The van der Waals surface area contributed by atoms with Crippen LogP contribution in [0.15, 0.2) is 23.3 Å². The maximum atomic E-state index is 6.16. The number of likely N-dealkylation sites (tertiary alicyclic amines) is 1. The SMILES string of the molecule is COc1cnc(Nc2nc(C)cc3c2C=NC3)cc1OC[C@@H]1CCN(C(C)C)C1. The Bertz CT molecular complexity index is 912. The molecule has 1 N–H and O–H groups in total. The number of nitrogens with one attached hydrogen (secondary N) is 1. The minimum absolute atomic E-state index is 0.532. The van der Waals surface area contributed by atoms with E-state index in [4.69, 9.17) is 9.47 Å². The Morgan fingerprint density at radius 3 is 2.90 bits per heavy atom. The zero-order valence-corrected chi connectivity index (χ0v) is 17.6. The van der Waals surface area contributed by atoms with E-state index in [0.29, 0.717) is 42.4 Å². The molecule has 29 heavy (non-hydrogen) atoms. The minimum atomic E-state index is 0.532. The fraction of sp³-hybridized carbons (Fsp3) is 0.500. The number of nitrogens with zero attached hydrogens (tertiary/aromatic N) is 4. The van der Waals surface area contributed by atoms with Crippen LogP contribution in [0, 0.1) is 12.8 Å². The average Bonchev–Trinajstić information content (AvgIpc) is 3.36. The Hall–Kier alpha value is -2.67. The maximum absolute atomic E-state index is 6.16. The zero-order valence-electron chi connectivity index (χ0n) is 17.6. The largest absolute Gasteiger partial charge is 0.491 e. The van der Waals surface area contributed by atoms with Crippen LogP contribution in [0.2, 0.25) is 0 Å². The van der Waals surface area contributed by atoms with Gasteiger partial charge in [0.05, 0.1) is 26.5 Å². The Morgan fingerprint density at radius 2 is 2.14 bits per heavy atom. The van der Waals surface area contributed by atoms with Gasteiger partial charge >= 0.3 is 0 Å². The molecule has 0 unspecified atom stereocenters. The monoisotopic (exact) mass is 395 g/mol. The molecule has 154 valence electrons. The first-order valence-electron chi connectivity index (χ1n) is 10.2. The molecule has 0 spiro atoms. The summed E-state index contributed by atoms with van der Waals surface area (Å²) in [5.74, 6) is 3.32. The first-order chi connectivity index (χ1) is 14.0. The number of hydrogen-bond donors (Lipinski definition) is 1. The van der Waals surface area contributed by atoms with Gasteiger partial charge in [0.15, 0.2) is 11.5 Å². The van der Waals surface area contributed by atoms with Gasteiger partial charge in [-0.05, 0) is 45.4 Å². The van der Waals surface area contributed by atoms with Crippen molar-refractivity contribution in [2.75, 3.05) is 32.1 Å². The molecule has 4 heterocycles. The van der Waals surface area contributed by atoms with E-state index in [1.165, 1.54) is 5.56 Å². The summed E-state index contributed by atoms with van der Waals surface area (Å²) < 4.78 is 11.6. The van der Waals surface area contributed by atoms with Crippen LogP contribution >= 0.6 is 0 Å². The summed E-state index contributed by atoms with van der Waals surface area (Å²) in [5, 5.41) is 3.33. The fourth-order valence-corrected chi connectivity index (χ4v) is 3.91. The summed E-state index contributed by atoms with van der Waals surface area (Å²) in [6.45, 7) is 10.1. The molecule has 0 radical (unpaired) electrons. The Morgan fingerprint density at radius 1 is 1.28 bits per heavy atom. The summed E-state index contributed by atoms with van der Waals surface area (Å²) in [5.41, 5.74) is 3.16. The van der Waals surface area contributed by atoms with Crippen molar-refractivity contribution in [1.82, 2.24) is 14.9 Å². The molecule has 0 bridgehead atoms. The Labute approximate surface area is 172 Å². The number of aromatic nitrogens is 2. The molecule has 7 nitrogen and oxygen atoms in total. The predicted octanol–water partition coefficient (Wildman–Crippen LogP) is 3.58. The Balaban J connectivity index is 1.48. The van der Waals surface area contributed by atoms with Gasteiger partial charge in [-0.25, -0.2) is 9.97 Å². The van der Waals surface area contributed by atoms with Crippen LogP contribution in [0.1, 0.15) is 37.1 Å². The van der Waals surface area contributed by atoms with Crippen LogP contribution in [-0.2, 0) is 6.54 Å². The molecule has 0 aliphatic carbocycles. The van der Waals surface area contributed by atoms with E-state index in [-0.39, 0.29) is 0 Å². The zero-order chi connectivity index (χ0) is 20.4. The van der Waals surface area contributed by atoms with E-state index in [9.17, 15) is 0 Å². The number of methoxy groups -OCH3 is 1. The molecule has 2 aliphatic rings. The van der Waals surface area contributed by atoms with Crippen molar-refractivity contribution in [3.05, 3.63) is 35.2 Å². The molecule has 4 rings (SSSR count). The van der Waals surface area contributed by atoms with Gasteiger partial charge in [-0.3, -0.25) is 4.99 Å². The molecule has 1 saturated heterocycles. The summed E-state index contributed by atoms with van der Waals surface area (Å²) in [6.07, 6.45) is 4.72. The highest BCUT2D eigenvalue weighted by Crippen LogP contribution is 2.32. The van der Waals surface area contributed by atoms with Crippen molar-refractivity contribution < 1.29 is 9.47 Å². The van der Waals surface area contributed by atoms with Crippen LogP contribution in [0.5, 0.6) is 11.5 Å². The number of ether oxygens (including phenoxy) is 2. The van der Waals surface area contributed by atoms with E-state index in [2.05, 4.69) is 45.1 Å². The number of pyridine rings is 2. The van der Waals surface area contributed by atoms with Crippen molar-refractivity contribution >= 4 is 17.9 Å². The second-order valence-electron chi connectivity index (χ2n) is 8.05. The number of anilines is 2. The first kappa shape index (κ1) is 19.6. The normalized spacial score (nSPS) is 18.3. The first-order valence-corrected chi connectivity index (χ1v) is 10.2. The van der Waals surface area contributed by atoms with Crippen molar-refractivity contribution in [3.63, 3.8) is 0 Å². The number of fused-ring (bicyclic) bond motifs is 1. The number of rotatable bonds is 7. The average molecular weight is 396 g/mol. The maximum Gasteiger partial charge on any atom is 0.179 e. The van der Waals surface area contributed by atoms with Crippen LogP contribution in [-0.4, -0.2) is 53.9 Å². The standard InChI is InChI=1S/C22H29N5O2/c1-14(2)27-6-5-16(12-27)13-29-19-8-21(24-11-20(19)28-4)26-22-18-10-23-9-17(18)7-15(3)25-22/h7-8,10-11,14,16H,5-6,9,12-13H2,1-4H3,(H,24,25,26)/t16-/m1/s1. The lowest BCUT2D eigenvalue weighted by Crippen LogP contribution is -2.29. The van der Waals surface area contributed by atoms with Gasteiger partial charge in [0, 0.05) is 42.0 Å². The number of aryl methyl sites for hydroxylation is 1. The Kier molecular flexibility index (Phi) is 5.67. The molecule has 0 saturated carbocycles. The van der Waals surface area contributed by atoms with Gasteiger partial charge in [0.25, 0.3) is 0 Å². The summed E-state index contributed by atoms with van der Waals surface area (Å²) in [6, 6.07) is 4.54. The molecule has 1 atom stereocenters. The highest BCUT2D eigenvalue weighted by atomic mass is 16.5. The van der Waals surface area contributed by atoms with Gasteiger partial charge < -0.3 is 19.7 Å². The third-order valence-corrected chi connectivity index (χ3v) is 5.57. The van der Waals surface area contributed by atoms with Crippen molar-refractivity contribution in [2.24, 2.45) is 10.9 Å². The molecule has 2 aromatic rings. The van der Waals surface area contributed by atoms with Gasteiger partial charge in [-0.15, -0.1) is 0 Å². The summed E-state index contributed by atoms with van der Waals surface area (Å²) >= 11 is 0. The van der Waals surface area contributed by atoms with Gasteiger partial charge in [-0.1, -0.05) is 0 Å². The van der Waals surface area contributed by atoms with Crippen LogP contribution < -0.4 is 14.8 Å². The van der Waals surface area contributed by atoms with Gasteiger partial charge in [0.1, 0.15) is 11.6 Å². The van der Waals surface area contributed by atoms with E-state index in [0.717, 1.165) is 36.6 Å². The van der Waals surface area contributed by atoms with E-state index >= 15 is 0 Å². The molecule has 0 amide bonds. The molecule has 0 aromatic carbocycles. The lowest BCUT2D eigenvalue weighted by molar-refractivity contribution is 0.218. The number of hydrogen-bond acceptors (Lipinski definition) is 7. The predicted molar refractivity (Wildman–Crippen MR) is 115 cm³/mol. The topological polar surface area (TPSA) is 71.9 Å². The molecule has 2 aliphatic heterocycles. The van der Waals surface area contributed by atoms with E-state index in [1.807, 2.05) is 19.2 Å². The highest BCUT2D eigenvalue weighted by Gasteiger charge is 2.25. The third-order valence-electron chi connectivity index (χ3n) is 5.57. The van der Waals surface area contributed by atoms with Crippen LogP contribution in [0.4, 0.5) is 11.6 Å². The lowest BCUT2D eigenvalue weighted by Gasteiger charge is -2.20. The van der Waals surface area contributed by atoms with Gasteiger partial charge in [-0.2, -0.15) is 0 Å². The second kappa shape index (κ2) is 8.37. The molecule has 7 heteroatoms. The minimum Gasteiger partial charge on any atom is -0.491 e. The van der Waals surface area contributed by atoms with Gasteiger partial charge in [0.2, 0.25) is 0 Å². The van der Waals surface area contributed by atoms with E-state index < -0.39 is 0 Å². The third kappa shape index (κ3) is 4.34. The molecule has 1 fully saturated rings. The van der Waals surface area contributed by atoms with Crippen LogP contribution in [0.3, 0.4) is 0 Å². The van der Waals surface area contributed by atoms with Crippen molar-refractivity contribution in [1.29, 1.82) is 0 Å². The molecule has 2 aromatic heterocycles. The van der Waals surface area contributed by atoms with Crippen molar-refractivity contribution in [2.45, 2.75) is 39.8 Å². The van der Waals surface area contributed by atoms with Crippen molar-refractivity contribution in [3.8, 4) is 11.5 Å².